The Morgan fingerprint density at radius 2 is 2.05 bits per heavy atom. The maximum Gasteiger partial charge on any atom is 0.254 e. The minimum absolute atomic E-state index is 0. The van der Waals surface area contributed by atoms with Gasteiger partial charge in [-0.3, -0.25) is 4.79 Å². The zero-order chi connectivity index (χ0) is 14.2. The van der Waals surface area contributed by atoms with E-state index in [4.69, 9.17) is 11.6 Å². The fourth-order valence-corrected chi connectivity index (χ4v) is 2.76. The van der Waals surface area contributed by atoms with Gasteiger partial charge < -0.3 is 10.6 Å². The van der Waals surface area contributed by atoms with Crippen LogP contribution in [0.2, 0.25) is 5.15 Å². The number of nitrogens with one attached hydrogen (secondary N) is 2. The molecule has 1 heterocycles. The molecule has 0 bridgehead atoms. The number of hydrogen-bond acceptors (Lipinski definition) is 3. The lowest BCUT2D eigenvalue weighted by atomic mass is 9.95. The first-order chi connectivity index (χ1) is 9.77. The van der Waals surface area contributed by atoms with Crippen LogP contribution in [-0.2, 0) is 0 Å². The number of carbonyl (C=O) groups excluding carboxylic acids is 1. The van der Waals surface area contributed by atoms with Crippen molar-refractivity contribution in [1.29, 1.82) is 0 Å². The van der Waals surface area contributed by atoms with E-state index in [2.05, 4.69) is 15.6 Å². The molecule has 0 radical (unpaired) electrons. The van der Waals surface area contributed by atoms with E-state index >= 15 is 0 Å². The summed E-state index contributed by atoms with van der Waals surface area (Å²) >= 11 is 5.88. The molecule has 1 aliphatic rings. The molecular weight excluding hydrogens is 309 g/mol. The van der Waals surface area contributed by atoms with Crippen LogP contribution in [0.3, 0.4) is 0 Å². The third kappa shape index (κ3) is 6.20. The van der Waals surface area contributed by atoms with Gasteiger partial charge in [0.05, 0.1) is 5.56 Å². The van der Waals surface area contributed by atoms with Crippen molar-refractivity contribution in [2.24, 2.45) is 0 Å². The van der Waals surface area contributed by atoms with Crippen molar-refractivity contribution in [3.63, 3.8) is 0 Å². The second-order valence-electron chi connectivity index (χ2n) is 5.24. The summed E-state index contributed by atoms with van der Waals surface area (Å²) in [6, 6.07) is 4.07. The number of hydrogen-bond donors (Lipinski definition) is 2. The van der Waals surface area contributed by atoms with Crippen LogP contribution in [0.15, 0.2) is 18.3 Å². The van der Waals surface area contributed by atoms with Crippen molar-refractivity contribution < 1.29 is 4.79 Å². The van der Waals surface area contributed by atoms with Crippen molar-refractivity contribution in [2.45, 2.75) is 44.6 Å². The van der Waals surface area contributed by atoms with E-state index in [1.165, 1.54) is 32.1 Å². The molecule has 1 amide bonds. The highest BCUT2D eigenvalue weighted by Gasteiger charge is 2.12. The third-order valence-corrected chi connectivity index (χ3v) is 3.98. The van der Waals surface area contributed by atoms with Gasteiger partial charge in [-0.15, -0.1) is 12.4 Å². The molecule has 0 aliphatic heterocycles. The predicted octanol–water partition coefficient (Wildman–Crippen LogP) is 3.20. The van der Waals surface area contributed by atoms with E-state index < -0.39 is 0 Å². The van der Waals surface area contributed by atoms with Crippen molar-refractivity contribution in [2.75, 3.05) is 13.1 Å². The van der Waals surface area contributed by atoms with Crippen LogP contribution in [0.5, 0.6) is 0 Å². The fraction of sp³-hybridized carbons (Fsp3) is 0.600. The van der Waals surface area contributed by atoms with Crippen molar-refractivity contribution in [1.82, 2.24) is 15.6 Å². The molecule has 2 rings (SSSR count). The Bertz CT molecular complexity index is 437. The highest BCUT2D eigenvalue weighted by Crippen LogP contribution is 2.17. The molecule has 118 valence electrons. The van der Waals surface area contributed by atoms with Gasteiger partial charge in [0, 0.05) is 18.8 Å². The molecular formula is C15H23Cl2N3O. The van der Waals surface area contributed by atoms with E-state index in [0.717, 1.165) is 13.0 Å². The summed E-state index contributed by atoms with van der Waals surface area (Å²) in [7, 11) is 0. The van der Waals surface area contributed by atoms with E-state index in [-0.39, 0.29) is 23.5 Å². The van der Waals surface area contributed by atoms with Crippen LogP contribution in [0.4, 0.5) is 0 Å². The maximum atomic E-state index is 11.9. The quantitative estimate of drug-likeness (QED) is 0.621. The third-order valence-electron chi connectivity index (χ3n) is 3.68. The molecule has 0 unspecified atom stereocenters. The molecule has 2 N–H and O–H groups in total. The lowest BCUT2D eigenvalue weighted by Gasteiger charge is -2.22. The topological polar surface area (TPSA) is 54.0 Å². The maximum absolute atomic E-state index is 11.9. The van der Waals surface area contributed by atoms with E-state index in [9.17, 15) is 4.79 Å². The number of halogens is 2. The fourth-order valence-electron chi connectivity index (χ4n) is 2.55. The molecule has 6 heteroatoms. The number of amides is 1. The average Bonchev–Trinajstić information content (AvgIpc) is 2.48. The number of pyridine rings is 1. The van der Waals surface area contributed by atoms with E-state index in [1.54, 1.807) is 18.3 Å². The molecule has 0 spiro atoms. The first-order valence-electron chi connectivity index (χ1n) is 7.39. The summed E-state index contributed by atoms with van der Waals surface area (Å²) in [5, 5.41) is 6.69. The first kappa shape index (κ1) is 18.2. The summed E-state index contributed by atoms with van der Waals surface area (Å²) in [5.74, 6) is -0.152. The molecule has 21 heavy (non-hydrogen) atoms. The molecule has 1 aromatic rings. The van der Waals surface area contributed by atoms with Crippen molar-refractivity contribution in [3.8, 4) is 0 Å². The number of nitrogens with zero attached hydrogens (tertiary/aromatic N) is 1. The molecule has 0 saturated heterocycles. The van der Waals surface area contributed by atoms with Gasteiger partial charge in [0.2, 0.25) is 0 Å². The summed E-state index contributed by atoms with van der Waals surface area (Å²) in [6.45, 7) is 1.61. The van der Waals surface area contributed by atoms with Gasteiger partial charge in [0.15, 0.2) is 0 Å². The summed E-state index contributed by atoms with van der Waals surface area (Å²) in [5.41, 5.74) is 0.439. The number of carbonyl (C=O) groups is 1. The molecule has 4 nitrogen and oxygen atoms in total. The standard InChI is InChI=1S/C15H22ClN3O.ClH/c16-14-13(8-4-9-18-14)15(20)19-11-5-10-17-12-6-2-1-3-7-12;/h4,8-9,12,17H,1-3,5-7,10-11H2,(H,19,20);1H. The normalized spacial score (nSPS) is 15.3. The largest absolute Gasteiger partial charge is 0.352 e. The Hall–Kier alpha value is -0.840. The second-order valence-corrected chi connectivity index (χ2v) is 5.60. The zero-order valence-electron chi connectivity index (χ0n) is 12.1. The van der Waals surface area contributed by atoms with Gasteiger partial charge in [-0.05, 0) is 37.9 Å². The van der Waals surface area contributed by atoms with E-state index in [1.807, 2.05) is 0 Å². The minimum atomic E-state index is -0.152. The van der Waals surface area contributed by atoms with Crippen LogP contribution in [0, 0.1) is 0 Å². The van der Waals surface area contributed by atoms with Crippen LogP contribution < -0.4 is 10.6 Å². The Morgan fingerprint density at radius 1 is 1.29 bits per heavy atom. The zero-order valence-corrected chi connectivity index (χ0v) is 13.7. The van der Waals surface area contributed by atoms with Crippen LogP contribution in [0.25, 0.3) is 0 Å². The Kier molecular flexibility index (Phi) is 8.66. The molecule has 1 aromatic heterocycles. The molecule has 1 fully saturated rings. The summed E-state index contributed by atoms with van der Waals surface area (Å²) in [6.07, 6.45) is 9.14. The smallest absolute Gasteiger partial charge is 0.254 e. The second kappa shape index (κ2) is 9.98. The Balaban J connectivity index is 0.00000220. The van der Waals surface area contributed by atoms with Gasteiger partial charge in [-0.1, -0.05) is 30.9 Å². The minimum Gasteiger partial charge on any atom is -0.352 e. The van der Waals surface area contributed by atoms with Crippen molar-refractivity contribution in [3.05, 3.63) is 29.0 Å². The van der Waals surface area contributed by atoms with Gasteiger partial charge in [0.1, 0.15) is 5.15 Å². The molecule has 0 atom stereocenters. The SMILES string of the molecule is Cl.O=C(NCCCNC1CCCCC1)c1cccnc1Cl. The number of aromatic nitrogens is 1. The van der Waals surface area contributed by atoms with E-state index in [0.29, 0.717) is 18.2 Å². The first-order valence-corrected chi connectivity index (χ1v) is 7.77. The highest BCUT2D eigenvalue weighted by atomic mass is 35.5. The lowest BCUT2D eigenvalue weighted by molar-refractivity contribution is 0.0953. The molecule has 1 aliphatic carbocycles. The van der Waals surface area contributed by atoms with Gasteiger partial charge in [0.25, 0.3) is 5.91 Å². The monoisotopic (exact) mass is 331 g/mol. The van der Waals surface area contributed by atoms with Crippen LogP contribution >= 0.6 is 24.0 Å². The Morgan fingerprint density at radius 3 is 2.76 bits per heavy atom. The predicted molar refractivity (Wildman–Crippen MR) is 88.3 cm³/mol. The van der Waals surface area contributed by atoms with Gasteiger partial charge in [-0.2, -0.15) is 0 Å². The summed E-state index contributed by atoms with van der Waals surface area (Å²) in [4.78, 5) is 15.8. The van der Waals surface area contributed by atoms with Crippen molar-refractivity contribution >= 4 is 29.9 Å². The van der Waals surface area contributed by atoms with Gasteiger partial charge in [-0.25, -0.2) is 4.98 Å². The lowest BCUT2D eigenvalue weighted by Crippen LogP contribution is -2.34. The number of rotatable bonds is 6. The van der Waals surface area contributed by atoms with Crippen LogP contribution in [0.1, 0.15) is 48.9 Å². The molecule has 0 aromatic carbocycles. The summed E-state index contributed by atoms with van der Waals surface area (Å²) < 4.78 is 0. The molecule has 1 saturated carbocycles. The Labute approximate surface area is 137 Å². The van der Waals surface area contributed by atoms with Gasteiger partial charge >= 0.3 is 0 Å². The highest BCUT2D eigenvalue weighted by molar-refractivity contribution is 6.32. The van der Waals surface area contributed by atoms with Crippen LogP contribution in [-0.4, -0.2) is 30.0 Å². The average molecular weight is 332 g/mol.